The Labute approximate surface area is 101 Å². The van der Waals surface area contributed by atoms with Gasteiger partial charge in [0.2, 0.25) is 0 Å². The van der Waals surface area contributed by atoms with Gasteiger partial charge in [0.1, 0.15) is 0 Å². The number of rotatable bonds is 1. The van der Waals surface area contributed by atoms with Crippen LogP contribution in [0.2, 0.25) is 0 Å². The molecule has 2 aliphatic heterocycles. The minimum Gasteiger partial charge on any atom is -0.377 e. The lowest BCUT2D eigenvalue weighted by Gasteiger charge is -2.37. The van der Waals surface area contributed by atoms with E-state index in [4.69, 9.17) is 0 Å². The number of nitrogens with one attached hydrogen (secondary N) is 1. The van der Waals surface area contributed by atoms with E-state index in [2.05, 4.69) is 11.4 Å². The lowest BCUT2D eigenvalue weighted by atomic mass is 9.84. The van der Waals surface area contributed by atoms with Crippen LogP contribution < -0.4 is 15.8 Å². The maximum atomic E-state index is 12.1. The third-order valence-corrected chi connectivity index (χ3v) is 3.96. The summed E-state index contributed by atoms with van der Waals surface area (Å²) in [5.74, 6) is 1.14. The Kier molecular flexibility index (Phi) is 2.47. The highest BCUT2D eigenvalue weighted by Gasteiger charge is 2.31. The molecule has 3 rings (SSSR count). The number of fused-ring (bicyclic) bond motifs is 4. The number of nitrogens with zero attached hydrogens (tertiary/aromatic N) is 2. The molecule has 92 valence electrons. The van der Waals surface area contributed by atoms with Gasteiger partial charge in [0.15, 0.2) is 0 Å². The Balaban J connectivity index is 2.12. The minimum absolute atomic E-state index is 0.155. The molecular formula is C13H19N3O. The fourth-order valence-electron chi connectivity index (χ4n) is 3.05. The largest absolute Gasteiger partial charge is 0.377 e. The van der Waals surface area contributed by atoms with Crippen LogP contribution in [-0.4, -0.2) is 31.8 Å². The number of pyridine rings is 1. The van der Waals surface area contributed by atoms with Crippen molar-refractivity contribution in [2.75, 3.05) is 32.1 Å². The molecule has 0 amide bonds. The standard InChI is InChI=1S/C13H19N3O/c1-15(2)11-4-12-10-3-9(6-14-7-10)8-16(12)13(17)5-11/h4-5,9-10,14H,3,6-8H2,1-2H3. The molecule has 17 heavy (non-hydrogen) atoms. The van der Waals surface area contributed by atoms with Gasteiger partial charge in [0, 0.05) is 50.6 Å². The van der Waals surface area contributed by atoms with Crippen molar-refractivity contribution in [1.29, 1.82) is 0 Å². The summed E-state index contributed by atoms with van der Waals surface area (Å²) in [6.45, 7) is 2.94. The number of hydrogen-bond acceptors (Lipinski definition) is 3. The average Bonchev–Trinajstić information content (AvgIpc) is 2.30. The van der Waals surface area contributed by atoms with Crippen LogP contribution in [0.1, 0.15) is 18.0 Å². The van der Waals surface area contributed by atoms with Crippen LogP contribution >= 0.6 is 0 Å². The topological polar surface area (TPSA) is 37.3 Å². The first-order valence-electron chi connectivity index (χ1n) is 6.28. The van der Waals surface area contributed by atoms with Gasteiger partial charge >= 0.3 is 0 Å². The molecule has 1 saturated heterocycles. The molecule has 4 heteroatoms. The molecule has 0 radical (unpaired) electrons. The Morgan fingerprint density at radius 1 is 1.35 bits per heavy atom. The van der Waals surface area contributed by atoms with Gasteiger partial charge in [-0.3, -0.25) is 4.79 Å². The molecule has 1 aromatic rings. The lowest BCUT2D eigenvalue weighted by Crippen LogP contribution is -2.45. The third kappa shape index (κ3) is 1.76. The number of anilines is 1. The number of hydrogen-bond donors (Lipinski definition) is 1. The van der Waals surface area contributed by atoms with E-state index in [0.717, 1.165) is 25.3 Å². The van der Waals surface area contributed by atoms with Crippen LogP contribution in [-0.2, 0) is 6.54 Å². The van der Waals surface area contributed by atoms with E-state index >= 15 is 0 Å². The van der Waals surface area contributed by atoms with E-state index in [9.17, 15) is 4.79 Å². The van der Waals surface area contributed by atoms with Gasteiger partial charge in [-0.15, -0.1) is 0 Å². The average molecular weight is 233 g/mol. The summed E-state index contributed by atoms with van der Waals surface area (Å²) in [7, 11) is 3.97. The van der Waals surface area contributed by atoms with Gasteiger partial charge in [-0.2, -0.15) is 0 Å². The second-order valence-corrected chi connectivity index (χ2v) is 5.44. The van der Waals surface area contributed by atoms with E-state index in [0.29, 0.717) is 11.8 Å². The van der Waals surface area contributed by atoms with Crippen molar-refractivity contribution < 1.29 is 0 Å². The maximum absolute atomic E-state index is 12.1. The first-order valence-corrected chi connectivity index (χ1v) is 6.28. The Morgan fingerprint density at radius 2 is 2.18 bits per heavy atom. The summed E-state index contributed by atoms with van der Waals surface area (Å²) >= 11 is 0. The normalized spacial score (nSPS) is 26.5. The summed E-state index contributed by atoms with van der Waals surface area (Å²) in [6, 6.07) is 3.92. The summed E-state index contributed by atoms with van der Waals surface area (Å²) in [6.07, 6.45) is 1.23. The van der Waals surface area contributed by atoms with E-state index in [-0.39, 0.29) is 5.56 Å². The summed E-state index contributed by atoms with van der Waals surface area (Å²) in [5.41, 5.74) is 2.39. The van der Waals surface area contributed by atoms with Crippen LogP contribution in [0, 0.1) is 5.92 Å². The van der Waals surface area contributed by atoms with Crippen LogP contribution in [0.3, 0.4) is 0 Å². The van der Waals surface area contributed by atoms with E-state index < -0.39 is 0 Å². The Hall–Kier alpha value is -1.29. The van der Waals surface area contributed by atoms with Crippen LogP contribution in [0.25, 0.3) is 0 Å². The zero-order valence-electron chi connectivity index (χ0n) is 10.4. The number of piperidine rings is 1. The van der Waals surface area contributed by atoms with Crippen molar-refractivity contribution in [3.63, 3.8) is 0 Å². The summed E-state index contributed by atoms with van der Waals surface area (Å²) in [5, 5.41) is 3.47. The summed E-state index contributed by atoms with van der Waals surface area (Å²) < 4.78 is 1.98. The van der Waals surface area contributed by atoms with Crippen LogP contribution in [0.5, 0.6) is 0 Å². The fourth-order valence-corrected chi connectivity index (χ4v) is 3.05. The van der Waals surface area contributed by atoms with Gasteiger partial charge in [-0.25, -0.2) is 0 Å². The molecular weight excluding hydrogens is 214 g/mol. The molecule has 0 saturated carbocycles. The van der Waals surface area contributed by atoms with E-state index in [1.54, 1.807) is 6.07 Å². The number of aromatic nitrogens is 1. The quantitative estimate of drug-likeness (QED) is 0.772. The molecule has 1 aromatic heterocycles. The van der Waals surface area contributed by atoms with Crippen molar-refractivity contribution in [3.8, 4) is 0 Å². The molecule has 2 bridgehead atoms. The summed E-state index contributed by atoms with van der Waals surface area (Å²) in [4.78, 5) is 14.1. The first kappa shape index (κ1) is 10.8. The lowest BCUT2D eigenvalue weighted by molar-refractivity contribution is 0.257. The molecule has 4 nitrogen and oxygen atoms in total. The minimum atomic E-state index is 0.155. The molecule has 0 aromatic carbocycles. The Morgan fingerprint density at radius 3 is 2.94 bits per heavy atom. The molecule has 0 aliphatic carbocycles. The second-order valence-electron chi connectivity index (χ2n) is 5.44. The molecule has 3 heterocycles. The molecule has 2 atom stereocenters. The van der Waals surface area contributed by atoms with Gasteiger partial charge in [0.25, 0.3) is 5.56 Å². The monoisotopic (exact) mass is 233 g/mol. The molecule has 2 unspecified atom stereocenters. The highest BCUT2D eigenvalue weighted by molar-refractivity contribution is 5.46. The van der Waals surface area contributed by atoms with Crippen molar-refractivity contribution in [1.82, 2.24) is 9.88 Å². The van der Waals surface area contributed by atoms with Gasteiger partial charge < -0.3 is 14.8 Å². The second kappa shape index (κ2) is 3.88. The predicted molar refractivity (Wildman–Crippen MR) is 68.7 cm³/mol. The van der Waals surface area contributed by atoms with Gasteiger partial charge in [0.05, 0.1) is 0 Å². The molecule has 0 spiro atoms. The van der Waals surface area contributed by atoms with Crippen molar-refractivity contribution in [2.24, 2.45) is 5.92 Å². The van der Waals surface area contributed by atoms with E-state index in [1.165, 1.54) is 12.1 Å². The third-order valence-electron chi connectivity index (χ3n) is 3.96. The highest BCUT2D eigenvalue weighted by atomic mass is 16.1. The smallest absolute Gasteiger partial charge is 0.252 e. The van der Waals surface area contributed by atoms with Crippen molar-refractivity contribution in [2.45, 2.75) is 18.9 Å². The van der Waals surface area contributed by atoms with Crippen LogP contribution in [0.4, 0.5) is 5.69 Å². The van der Waals surface area contributed by atoms with E-state index in [1.807, 2.05) is 23.6 Å². The maximum Gasteiger partial charge on any atom is 0.252 e. The van der Waals surface area contributed by atoms with Crippen molar-refractivity contribution >= 4 is 5.69 Å². The molecule has 1 fully saturated rings. The zero-order chi connectivity index (χ0) is 12.0. The fraction of sp³-hybridized carbons (Fsp3) is 0.615. The first-order chi connectivity index (χ1) is 8.15. The molecule has 1 N–H and O–H groups in total. The van der Waals surface area contributed by atoms with Crippen molar-refractivity contribution in [3.05, 3.63) is 28.2 Å². The van der Waals surface area contributed by atoms with Gasteiger partial charge in [-0.1, -0.05) is 0 Å². The zero-order valence-corrected chi connectivity index (χ0v) is 10.4. The van der Waals surface area contributed by atoms with Gasteiger partial charge in [-0.05, 0) is 24.9 Å². The molecule has 2 aliphatic rings. The predicted octanol–water partition coefficient (Wildman–Crippen LogP) is 0.621. The highest BCUT2D eigenvalue weighted by Crippen LogP contribution is 2.32. The van der Waals surface area contributed by atoms with Crippen LogP contribution in [0.15, 0.2) is 16.9 Å². The Bertz CT molecular complexity index is 492. The SMILES string of the molecule is CN(C)c1cc2n(c(=O)c1)CC1CNCC2C1.